The van der Waals surface area contributed by atoms with Crippen LogP contribution in [0.5, 0.6) is 5.75 Å². The lowest BCUT2D eigenvalue weighted by atomic mass is 9.68. The van der Waals surface area contributed by atoms with Gasteiger partial charge in [0.2, 0.25) is 0 Å². The van der Waals surface area contributed by atoms with Crippen LogP contribution in [0.4, 0.5) is 0 Å². The molecule has 3 rings (SSSR count). The first-order valence-corrected chi connectivity index (χ1v) is 8.81. The summed E-state index contributed by atoms with van der Waals surface area (Å²) in [5.41, 5.74) is 2.65. The van der Waals surface area contributed by atoms with E-state index >= 15 is 0 Å². The molecule has 2 nitrogen and oxygen atoms in total. The van der Waals surface area contributed by atoms with Crippen molar-refractivity contribution in [3.05, 3.63) is 71.8 Å². The molecule has 126 valence electrons. The molecule has 1 aliphatic heterocycles. The predicted molar refractivity (Wildman–Crippen MR) is 101 cm³/mol. The molecule has 1 heterocycles. The number of aromatic hydroxyl groups is 1. The average molecular weight is 321 g/mol. The van der Waals surface area contributed by atoms with E-state index in [2.05, 4.69) is 61.2 Å². The molecule has 0 spiro atoms. The van der Waals surface area contributed by atoms with Crippen LogP contribution in [0.15, 0.2) is 60.7 Å². The zero-order valence-corrected chi connectivity index (χ0v) is 14.7. The molecule has 1 saturated heterocycles. The summed E-state index contributed by atoms with van der Waals surface area (Å²) in [6.07, 6.45) is 5.59. The maximum Gasteiger partial charge on any atom is 0.115 e. The van der Waals surface area contributed by atoms with Gasteiger partial charge < -0.3 is 5.11 Å². The van der Waals surface area contributed by atoms with Gasteiger partial charge in [-0.1, -0.05) is 68.5 Å². The van der Waals surface area contributed by atoms with Gasteiger partial charge in [0.25, 0.3) is 0 Å². The fraction of sp³-hybridized carbons (Fsp3) is 0.364. The lowest BCUT2D eigenvalue weighted by Gasteiger charge is -2.45. The summed E-state index contributed by atoms with van der Waals surface area (Å²) in [6, 6.07) is 18.3. The van der Waals surface area contributed by atoms with Crippen LogP contribution in [-0.2, 0) is 5.41 Å². The van der Waals surface area contributed by atoms with E-state index in [0.29, 0.717) is 11.7 Å². The topological polar surface area (TPSA) is 23.5 Å². The zero-order valence-electron chi connectivity index (χ0n) is 14.7. The highest BCUT2D eigenvalue weighted by Gasteiger charge is 2.37. The van der Waals surface area contributed by atoms with Crippen molar-refractivity contribution < 1.29 is 5.11 Å². The average Bonchev–Trinajstić information content (AvgIpc) is 2.59. The van der Waals surface area contributed by atoms with Gasteiger partial charge in [0.05, 0.1) is 0 Å². The van der Waals surface area contributed by atoms with Crippen LogP contribution in [0.3, 0.4) is 0 Å². The summed E-state index contributed by atoms with van der Waals surface area (Å²) in [6.45, 7) is 7.84. The third kappa shape index (κ3) is 3.70. The van der Waals surface area contributed by atoms with Gasteiger partial charge in [-0.05, 0) is 47.6 Å². The largest absolute Gasteiger partial charge is 0.508 e. The minimum absolute atomic E-state index is 0.137. The Labute approximate surface area is 145 Å². The summed E-state index contributed by atoms with van der Waals surface area (Å²) in [5, 5.41) is 9.80. The molecule has 0 unspecified atom stereocenters. The first-order valence-electron chi connectivity index (χ1n) is 8.81. The van der Waals surface area contributed by atoms with Crippen molar-refractivity contribution in [2.45, 2.75) is 25.7 Å². The molecular weight excluding hydrogens is 294 g/mol. The van der Waals surface area contributed by atoms with Gasteiger partial charge in [-0.2, -0.15) is 0 Å². The van der Waals surface area contributed by atoms with Crippen molar-refractivity contribution in [1.82, 2.24) is 4.90 Å². The Balaban J connectivity index is 1.62. The number of phenolic OH excluding ortho intramolecular Hbond substituents is 1. The molecule has 0 saturated carbocycles. The van der Waals surface area contributed by atoms with Crippen LogP contribution in [0.1, 0.15) is 31.4 Å². The third-order valence-corrected chi connectivity index (χ3v) is 5.55. The highest BCUT2D eigenvalue weighted by Crippen LogP contribution is 2.40. The summed E-state index contributed by atoms with van der Waals surface area (Å²) in [5.74, 6) is 0.923. The van der Waals surface area contributed by atoms with Gasteiger partial charge in [0, 0.05) is 13.1 Å². The Hall–Kier alpha value is -2.06. The number of nitrogens with zero attached hydrogens (tertiary/aromatic N) is 1. The van der Waals surface area contributed by atoms with E-state index in [1.165, 1.54) is 11.1 Å². The van der Waals surface area contributed by atoms with E-state index in [1.54, 1.807) is 6.07 Å². The fourth-order valence-electron chi connectivity index (χ4n) is 3.67. The fourth-order valence-corrected chi connectivity index (χ4v) is 3.67. The molecule has 24 heavy (non-hydrogen) atoms. The number of phenols is 1. The van der Waals surface area contributed by atoms with Crippen molar-refractivity contribution in [3.8, 4) is 5.75 Å². The summed E-state index contributed by atoms with van der Waals surface area (Å²) < 4.78 is 0. The van der Waals surface area contributed by atoms with Crippen molar-refractivity contribution in [2.24, 2.45) is 5.92 Å². The molecule has 0 bridgehead atoms. The summed E-state index contributed by atoms with van der Waals surface area (Å²) >= 11 is 0. The minimum atomic E-state index is 0.137. The number of benzene rings is 2. The molecule has 0 amide bonds. The van der Waals surface area contributed by atoms with E-state index in [4.69, 9.17) is 0 Å². The molecule has 0 radical (unpaired) electrons. The van der Waals surface area contributed by atoms with E-state index in [9.17, 15) is 5.11 Å². The molecule has 2 heteroatoms. The van der Waals surface area contributed by atoms with Crippen LogP contribution in [-0.4, -0.2) is 29.6 Å². The second-order valence-corrected chi connectivity index (χ2v) is 7.19. The van der Waals surface area contributed by atoms with Gasteiger partial charge in [-0.3, -0.25) is 4.90 Å². The summed E-state index contributed by atoms with van der Waals surface area (Å²) in [4.78, 5) is 2.52. The number of rotatable bonds is 4. The minimum Gasteiger partial charge on any atom is -0.508 e. The molecule has 1 N–H and O–H groups in total. The van der Waals surface area contributed by atoms with E-state index in [-0.39, 0.29) is 5.41 Å². The second kappa shape index (κ2) is 7.23. The molecule has 0 aromatic heterocycles. The lowest BCUT2D eigenvalue weighted by molar-refractivity contribution is 0.121. The Bertz CT molecular complexity index is 694. The van der Waals surface area contributed by atoms with E-state index in [0.717, 1.165) is 26.1 Å². The van der Waals surface area contributed by atoms with Crippen molar-refractivity contribution >= 4 is 6.08 Å². The maximum absolute atomic E-state index is 9.80. The van der Waals surface area contributed by atoms with Crippen LogP contribution in [0.2, 0.25) is 0 Å². The highest BCUT2D eigenvalue weighted by atomic mass is 16.3. The van der Waals surface area contributed by atoms with Crippen LogP contribution >= 0.6 is 0 Å². The van der Waals surface area contributed by atoms with Gasteiger partial charge in [-0.15, -0.1) is 0 Å². The molecule has 1 aliphatic rings. The lowest BCUT2D eigenvalue weighted by Crippen LogP contribution is -2.47. The number of piperidine rings is 1. The quantitative estimate of drug-likeness (QED) is 0.882. The van der Waals surface area contributed by atoms with Crippen molar-refractivity contribution in [2.75, 3.05) is 19.6 Å². The maximum atomic E-state index is 9.80. The van der Waals surface area contributed by atoms with Crippen molar-refractivity contribution in [1.29, 1.82) is 0 Å². The number of likely N-dealkylation sites (tertiary alicyclic amines) is 1. The molecule has 2 atom stereocenters. The number of hydrogen-bond acceptors (Lipinski definition) is 2. The molecule has 2 aromatic rings. The van der Waals surface area contributed by atoms with Crippen LogP contribution < -0.4 is 0 Å². The first-order chi connectivity index (χ1) is 11.6. The Morgan fingerprint density at radius 1 is 1.17 bits per heavy atom. The van der Waals surface area contributed by atoms with Crippen LogP contribution in [0, 0.1) is 5.92 Å². The SMILES string of the molecule is C[C@H]1CN(C/C=C\c2ccccc2)CC[C@@]1(C)c1cccc(O)c1. The van der Waals surface area contributed by atoms with Gasteiger partial charge in [-0.25, -0.2) is 0 Å². The molecule has 1 fully saturated rings. The first kappa shape index (κ1) is 16.8. The molecule has 0 aliphatic carbocycles. The van der Waals surface area contributed by atoms with E-state index < -0.39 is 0 Å². The second-order valence-electron chi connectivity index (χ2n) is 7.19. The Kier molecular flexibility index (Phi) is 5.06. The Morgan fingerprint density at radius 2 is 1.96 bits per heavy atom. The predicted octanol–water partition coefficient (Wildman–Crippen LogP) is 4.71. The van der Waals surface area contributed by atoms with Gasteiger partial charge in [0.1, 0.15) is 5.75 Å². The van der Waals surface area contributed by atoms with Crippen molar-refractivity contribution in [3.63, 3.8) is 0 Å². The highest BCUT2D eigenvalue weighted by molar-refractivity contribution is 5.48. The van der Waals surface area contributed by atoms with E-state index in [1.807, 2.05) is 18.2 Å². The van der Waals surface area contributed by atoms with Gasteiger partial charge >= 0.3 is 0 Å². The summed E-state index contributed by atoms with van der Waals surface area (Å²) in [7, 11) is 0. The smallest absolute Gasteiger partial charge is 0.115 e. The normalized spacial score (nSPS) is 25.2. The van der Waals surface area contributed by atoms with Crippen LogP contribution in [0.25, 0.3) is 6.08 Å². The zero-order chi connectivity index (χ0) is 17.0. The molecular formula is C22H27NO. The third-order valence-electron chi connectivity index (χ3n) is 5.55. The standard InChI is InChI=1S/C22H27NO/c1-18-17-23(14-7-10-19-8-4-3-5-9-19)15-13-22(18,2)20-11-6-12-21(24)16-20/h3-12,16,18,24H,13-15,17H2,1-2H3/b10-7-/t18-,22+/m0/s1. The monoisotopic (exact) mass is 321 g/mol. The molecule has 2 aromatic carbocycles. The van der Waals surface area contributed by atoms with Gasteiger partial charge in [0.15, 0.2) is 0 Å². The Morgan fingerprint density at radius 3 is 2.67 bits per heavy atom. The number of hydrogen-bond donors (Lipinski definition) is 1.